The van der Waals surface area contributed by atoms with Crippen LogP contribution in [0.15, 0.2) is 36.0 Å². The fourth-order valence-corrected chi connectivity index (χ4v) is 2.03. The van der Waals surface area contributed by atoms with Gasteiger partial charge in [0, 0.05) is 24.6 Å². The summed E-state index contributed by atoms with van der Waals surface area (Å²) in [5, 5.41) is 8.88. The third kappa shape index (κ3) is 8.72. The van der Waals surface area contributed by atoms with Crippen LogP contribution < -0.4 is 0 Å². The molecule has 0 aromatic carbocycles. The van der Waals surface area contributed by atoms with Crippen LogP contribution in [0, 0.1) is 29.1 Å². The Morgan fingerprint density at radius 1 is 1.17 bits per heavy atom. The highest BCUT2D eigenvalue weighted by atomic mass is 16.2. The van der Waals surface area contributed by atoms with Crippen LogP contribution in [0.5, 0.6) is 0 Å². The van der Waals surface area contributed by atoms with Gasteiger partial charge in [-0.05, 0) is 37.7 Å². The Hall–Kier alpha value is -1.82. The third-order valence-corrected chi connectivity index (χ3v) is 3.87. The van der Waals surface area contributed by atoms with E-state index in [9.17, 15) is 4.79 Å². The lowest BCUT2D eigenvalue weighted by Gasteiger charge is -2.29. The average molecular weight is 331 g/mol. The monoisotopic (exact) mass is 330 g/mol. The second-order valence-electron chi connectivity index (χ2n) is 7.32. The molecule has 24 heavy (non-hydrogen) atoms. The van der Waals surface area contributed by atoms with Crippen molar-refractivity contribution in [3.63, 3.8) is 0 Å². The quantitative estimate of drug-likeness (QED) is 0.530. The van der Waals surface area contributed by atoms with Crippen molar-refractivity contribution in [3.8, 4) is 6.07 Å². The standard InChI is InChI=1S/C17H24N2O.C4H10/c1-5-16(7-6-14(4)13(2)3)17(20)19-10-8-15(12-18)9-11-19;1-4(2)3/h5-7,13,15H,1,8-11H2,2-4H3;4H,1-3H3/b14-6+,16-7+;. The molecule has 0 aromatic heterocycles. The van der Waals surface area contributed by atoms with Gasteiger partial charge in [0.15, 0.2) is 0 Å². The van der Waals surface area contributed by atoms with E-state index in [2.05, 4.69) is 54.2 Å². The van der Waals surface area contributed by atoms with E-state index in [0.29, 0.717) is 24.6 Å². The van der Waals surface area contributed by atoms with Gasteiger partial charge in [0.1, 0.15) is 0 Å². The van der Waals surface area contributed by atoms with Crippen molar-refractivity contribution in [2.75, 3.05) is 13.1 Å². The smallest absolute Gasteiger partial charge is 0.253 e. The maximum absolute atomic E-state index is 12.4. The van der Waals surface area contributed by atoms with E-state index < -0.39 is 0 Å². The van der Waals surface area contributed by atoms with Gasteiger partial charge in [-0.3, -0.25) is 4.79 Å². The first-order valence-corrected chi connectivity index (χ1v) is 8.92. The Morgan fingerprint density at radius 3 is 2.04 bits per heavy atom. The maximum Gasteiger partial charge on any atom is 0.253 e. The second-order valence-corrected chi connectivity index (χ2v) is 7.32. The van der Waals surface area contributed by atoms with E-state index in [1.165, 1.54) is 5.57 Å². The minimum absolute atomic E-state index is 0.0178. The topological polar surface area (TPSA) is 44.1 Å². The van der Waals surface area contributed by atoms with Crippen LogP contribution in [0.25, 0.3) is 0 Å². The van der Waals surface area contributed by atoms with E-state index in [4.69, 9.17) is 5.26 Å². The van der Waals surface area contributed by atoms with Crippen LogP contribution in [0.4, 0.5) is 0 Å². The lowest BCUT2D eigenvalue weighted by molar-refractivity contribution is -0.127. The van der Waals surface area contributed by atoms with Crippen molar-refractivity contribution >= 4 is 5.91 Å². The van der Waals surface area contributed by atoms with Gasteiger partial charge < -0.3 is 4.90 Å². The highest BCUT2D eigenvalue weighted by molar-refractivity contribution is 5.96. The van der Waals surface area contributed by atoms with Crippen LogP contribution >= 0.6 is 0 Å². The predicted octanol–water partition coefficient (Wildman–Crippen LogP) is 5.13. The number of nitrogens with zero attached hydrogens (tertiary/aromatic N) is 2. The highest BCUT2D eigenvalue weighted by Crippen LogP contribution is 2.18. The summed E-state index contributed by atoms with van der Waals surface area (Å²) in [6, 6.07) is 2.28. The van der Waals surface area contributed by atoms with Crippen LogP contribution in [-0.2, 0) is 4.79 Å². The predicted molar refractivity (Wildman–Crippen MR) is 102 cm³/mol. The number of amides is 1. The first kappa shape index (κ1) is 22.2. The van der Waals surface area contributed by atoms with E-state index in [1.54, 1.807) is 6.08 Å². The van der Waals surface area contributed by atoms with Gasteiger partial charge in [-0.1, -0.05) is 58.9 Å². The molecule has 0 N–H and O–H groups in total. The molecule has 0 atom stereocenters. The normalized spacial score (nSPS) is 16.5. The molecule has 0 unspecified atom stereocenters. The Labute approximate surface area is 148 Å². The fraction of sp³-hybridized carbons (Fsp3) is 0.619. The summed E-state index contributed by atoms with van der Waals surface area (Å²) in [7, 11) is 0. The summed E-state index contributed by atoms with van der Waals surface area (Å²) >= 11 is 0. The van der Waals surface area contributed by atoms with E-state index in [1.807, 2.05) is 17.1 Å². The summed E-state index contributed by atoms with van der Waals surface area (Å²) in [5.41, 5.74) is 1.86. The lowest BCUT2D eigenvalue weighted by atomic mass is 9.98. The lowest BCUT2D eigenvalue weighted by Crippen LogP contribution is -2.38. The molecule has 0 aromatic rings. The van der Waals surface area contributed by atoms with Crippen molar-refractivity contribution in [2.24, 2.45) is 17.8 Å². The summed E-state index contributed by atoms with van der Waals surface area (Å²) in [5.74, 6) is 1.42. The molecule has 0 radical (unpaired) electrons. The molecular weight excluding hydrogens is 296 g/mol. The fourth-order valence-electron chi connectivity index (χ4n) is 2.03. The molecule has 1 rings (SSSR count). The molecule has 1 aliphatic heterocycles. The van der Waals surface area contributed by atoms with Crippen molar-refractivity contribution < 1.29 is 4.79 Å². The van der Waals surface area contributed by atoms with Crippen molar-refractivity contribution in [1.82, 2.24) is 4.90 Å². The number of likely N-dealkylation sites (tertiary alicyclic amines) is 1. The molecule has 1 aliphatic rings. The van der Waals surface area contributed by atoms with Gasteiger partial charge in [-0.2, -0.15) is 5.26 Å². The summed E-state index contributed by atoms with van der Waals surface area (Å²) < 4.78 is 0. The Kier molecular flexibility index (Phi) is 10.8. The summed E-state index contributed by atoms with van der Waals surface area (Å²) in [4.78, 5) is 14.2. The summed E-state index contributed by atoms with van der Waals surface area (Å²) in [6.45, 7) is 17.9. The number of piperidine rings is 1. The van der Waals surface area contributed by atoms with Crippen molar-refractivity contribution in [2.45, 2.75) is 54.4 Å². The SMILES string of the molecule is C=C/C(=C\C=C(/C)C(C)C)C(=O)N1CCC(C#N)CC1.CC(C)C. The molecule has 3 nitrogen and oxygen atoms in total. The molecule has 0 spiro atoms. The van der Waals surface area contributed by atoms with E-state index in [-0.39, 0.29) is 11.8 Å². The van der Waals surface area contributed by atoms with E-state index in [0.717, 1.165) is 18.8 Å². The van der Waals surface area contributed by atoms with E-state index >= 15 is 0 Å². The van der Waals surface area contributed by atoms with Crippen molar-refractivity contribution in [3.05, 3.63) is 36.0 Å². The number of carbonyl (C=O) groups excluding carboxylic acids is 1. The van der Waals surface area contributed by atoms with Crippen molar-refractivity contribution in [1.29, 1.82) is 5.26 Å². The zero-order valence-electron chi connectivity index (χ0n) is 16.3. The van der Waals surface area contributed by atoms with Gasteiger partial charge in [-0.15, -0.1) is 0 Å². The molecule has 0 saturated carbocycles. The highest BCUT2D eigenvalue weighted by Gasteiger charge is 2.23. The molecule has 1 saturated heterocycles. The van der Waals surface area contributed by atoms with Gasteiger partial charge in [-0.25, -0.2) is 0 Å². The zero-order chi connectivity index (χ0) is 18.7. The van der Waals surface area contributed by atoms with Crippen LogP contribution in [-0.4, -0.2) is 23.9 Å². The number of hydrogen-bond donors (Lipinski definition) is 0. The number of carbonyl (C=O) groups is 1. The number of nitriles is 1. The number of hydrogen-bond acceptors (Lipinski definition) is 2. The molecule has 3 heteroatoms. The largest absolute Gasteiger partial charge is 0.339 e. The van der Waals surface area contributed by atoms with Crippen LogP contribution in [0.1, 0.15) is 54.4 Å². The molecule has 0 bridgehead atoms. The number of rotatable bonds is 4. The minimum Gasteiger partial charge on any atom is -0.339 e. The average Bonchev–Trinajstić information content (AvgIpc) is 2.54. The molecule has 1 amide bonds. The van der Waals surface area contributed by atoms with Crippen LogP contribution in [0.3, 0.4) is 0 Å². The second kappa shape index (κ2) is 11.7. The van der Waals surface area contributed by atoms with Gasteiger partial charge in [0.05, 0.1) is 6.07 Å². The maximum atomic E-state index is 12.4. The minimum atomic E-state index is 0.0178. The molecule has 1 heterocycles. The van der Waals surface area contributed by atoms with Gasteiger partial charge in [0.25, 0.3) is 5.91 Å². The molecule has 0 aliphatic carbocycles. The molecule has 134 valence electrons. The number of allylic oxidation sites excluding steroid dienone is 3. The molecule has 1 fully saturated rings. The summed E-state index contributed by atoms with van der Waals surface area (Å²) in [6.07, 6.45) is 6.99. The zero-order valence-corrected chi connectivity index (χ0v) is 16.3. The van der Waals surface area contributed by atoms with Gasteiger partial charge in [0.2, 0.25) is 0 Å². The Bertz CT molecular complexity index is 496. The van der Waals surface area contributed by atoms with Gasteiger partial charge >= 0.3 is 0 Å². The third-order valence-electron chi connectivity index (χ3n) is 3.87. The Balaban J connectivity index is 0.00000118. The molecular formula is C21H34N2O. The first-order valence-electron chi connectivity index (χ1n) is 8.92. The first-order chi connectivity index (χ1) is 11.2. The Morgan fingerprint density at radius 2 is 1.67 bits per heavy atom. The van der Waals surface area contributed by atoms with Crippen LogP contribution in [0.2, 0.25) is 0 Å².